The highest BCUT2D eigenvalue weighted by Crippen LogP contribution is 2.37. The summed E-state index contributed by atoms with van der Waals surface area (Å²) in [6.45, 7) is 3.00. The first kappa shape index (κ1) is 25.3. The Hall–Kier alpha value is -3.84. The van der Waals surface area contributed by atoms with Crippen LogP contribution in [-0.2, 0) is 21.2 Å². The van der Waals surface area contributed by atoms with E-state index in [1.54, 1.807) is 37.3 Å². The van der Waals surface area contributed by atoms with E-state index in [1.165, 1.54) is 25.7 Å². The fraction of sp³-hybridized carbons (Fsp3) is 0.304. The van der Waals surface area contributed by atoms with Crippen LogP contribution in [0, 0.1) is 12.7 Å². The van der Waals surface area contributed by atoms with Gasteiger partial charge in [-0.3, -0.25) is 4.57 Å². The minimum Gasteiger partial charge on any atom is -0.494 e. The fourth-order valence-corrected chi connectivity index (χ4v) is 5.41. The topological polar surface area (TPSA) is 142 Å². The number of ether oxygens (including phenoxy) is 2. The van der Waals surface area contributed by atoms with Gasteiger partial charge in [0.2, 0.25) is 5.82 Å². The van der Waals surface area contributed by atoms with Gasteiger partial charge in [-0.05, 0) is 38.1 Å². The van der Waals surface area contributed by atoms with Gasteiger partial charge in [0.15, 0.2) is 33.1 Å². The van der Waals surface area contributed by atoms with E-state index in [2.05, 4.69) is 20.2 Å². The lowest BCUT2D eigenvalue weighted by molar-refractivity contribution is 0.0718. The maximum absolute atomic E-state index is 13.2. The summed E-state index contributed by atoms with van der Waals surface area (Å²) < 4.78 is 57.9. The number of furan rings is 1. The predicted octanol–water partition coefficient (Wildman–Crippen LogP) is 2.60. The average molecular weight is 518 g/mol. The highest BCUT2D eigenvalue weighted by molar-refractivity contribution is 7.90. The Labute approximate surface area is 206 Å². The molecular formula is C23H24FN5O6S. The van der Waals surface area contributed by atoms with Crippen molar-refractivity contribution in [2.45, 2.75) is 25.2 Å². The Morgan fingerprint density at radius 1 is 1.08 bits per heavy atom. The molecule has 3 heterocycles. The number of halogens is 1. The third kappa shape index (κ3) is 5.06. The van der Waals surface area contributed by atoms with E-state index in [0.29, 0.717) is 28.7 Å². The molecular weight excluding hydrogens is 493 g/mol. The summed E-state index contributed by atoms with van der Waals surface area (Å²) in [6.07, 6.45) is 1.71. The Bertz CT molecular complexity index is 1460. The van der Waals surface area contributed by atoms with E-state index < -0.39 is 32.8 Å². The van der Waals surface area contributed by atoms with E-state index >= 15 is 0 Å². The quantitative estimate of drug-likeness (QED) is 0.352. The average Bonchev–Trinajstić information content (AvgIpc) is 3.43. The summed E-state index contributed by atoms with van der Waals surface area (Å²) in [5.41, 5.74) is -1.61. The van der Waals surface area contributed by atoms with Crippen LogP contribution in [0.25, 0.3) is 17.3 Å². The molecule has 13 heteroatoms. The Kier molecular flexibility index (Phi) is 6.78. The van der Waals surface area contributed by atoms with Gasteiger partial charge in [-0.1, -0.05) is 6.07 Å². The summed E-state index contributed by atoms with van der Waals surface area (Å²) in [4.78, 5) is 7.44. The number of nitrogens with zero attached hydrogens (tertiary/aromatic N) is 5. The van der Waals surface area contributed by atoms with Crippen LogP contribution in [-0.4, -0.2) is 58.2 Å². The predicted molar refractivity (Wildman–Crippen MR) is 126 cm³/mol. The number of rotatable bonds is 9. The molecule has 4 rings (SSSR count). The molecule has 0 radical (unpaired) electrons. The molecule has 0 saturated heterocycles. The second-order valence-electron chi connectivity index (χ2n) is 8.23. The van der Waals surface area contributed by atoms with Gasteiger partial charge in [0.05, 0.1) is 32.4 Å². The van der Waals surface area contributed by atoms with Gasteiger partial charge in [0.25, 0.3) is 0 Å². The van der Waals surface area contributed by atoms with Crippen molar-refractivity contribution in [3.63, 3.8) is 0 Å². The lowest BCUT2D eigenvalue weighted by atomic mass is 10.1. The van der Waals surface area contributed by atoms with Crippen molar-refractivity contribution < 1.29 is 31.8 Å². The Morgan fingerprint density at radius 3 is 2.28 bits per heavy atom. The van der Waals surface area contributed by atoms with Crippen molar-refractivity contribution in [3.05, 3.63) is 66.0 Å². The van der Waals surface area contributed by atoms with Crippen LogP contribution < -0.4 is 9.47 Å². The van der Waals surface area contributed by atoms with Crippen molar-refractivity contribution in [2.24, 2.45) is 0 Å². The monoisotopic (exact) mass is 517 g/mol. The normalized spacial score (nSPS) is 13.4. The molecule has 0 bridgehead atoms. The number of benzene rings is 1. The van der Waals surface area contributed by atoms with Crippen LogP contribution in [0.1, 0.15) is 24.3 Å². The molecule has 190 valence electrons. The summed E-state index contributed by atoms with van der Waals surface area (Å²) in [5.74, 6) is -0.325. The van der Waals surface area contributed by atoms with E-state index in [4.69, 9.17) is 13.9 Å². The van der Waals surface area contributed by atoms with Crippen molar-refractivity contribution in [2.75, 3.05) is 20.0 Å². The number of aryl methyl sites for hydroxylation is 1. The molecule has 1 atom stereocenters. The lowest BCUT2D eigenvalue weighted by Crippen LogP contribution is -2.34. The highest BCUT2D eigenvalue weighted by atomic mass is 32.2. The third-order valence-electron chi connectivity index (χ3n) is 5.27. The van der Waals surface area contributed by atoms with Crippen LogP contribution >= 0.6 is 0 Å². The van der Waals surface area contributed by atoms with Crippen molar-refractivity contribution in [3.8, 4) is 28.8 Å². The number of para-hydroxylation sites is 1. The van der Waals surface area contributed by atoms with Gasteiger partial charge in [-0.2, -0.15) is 0 Å². The zero-order chi connectivity index (χ0) is 26.1. The lowest BCUT2D eigenvalue weighted by Gasteiger charge is -2.21. The fourth-order valence-electron chi connectivity index (χ4n) is 3.74. The molecule has 0 spiro atoms. The van der Waals surface area contributed by atoms with Crippen molar-refractivity contribution in [1.82, 2.24) is 24.7 Å². The number of hydrogen-bond donors (Lipinski definition) is 1. The van der Waals surface area contributed by atoms with Crippen LogP contribution in [0.5, 0.6) is 11.5 Å². The maximum atomic E-state index is 13.2. The van der Waals surface area contributed by atoms with Crippen molar-refractivity contribution >= 4 is 9.84 Å². The molecule has 4 aromatic rings. The minimum absolute atomic E-state index is 0.0256. The molecule has 3 aromatic heterocycles. The smallest absolute Gasteiger partial charge is 0.204 e. The van der Waals surface area contributed by atoms with Crippen LogP contribution in [0.4, 0.5) is 4.39 Å². The first-order valence-electron chi connectivity index (χ1n) is 10.7. The van der Waals surface area contributed by atoms with E-state index in [0.717, 1.165) is 12.4 Å². The molecule has 0 fully saturated rings. The van der Waals surface area contributed by atoms with Crippen LogP contribution in [0.3, 0.4) is 0 Å². The molecule has 0 unspecified atom stereocenters. The van der Waals surface area contributed by atoms with Crippen LogP contribution in [0.2, 0.25) is 0 Å². The second kappa shape index (κ2) is 9.66. The minimum atomic E-state index is -4.04. The molecule has 0 aliphatic carbocycles. The third-order valence-corrected chi connectivity index (χ3v) is 6.97. The second-order valence-corrected chi connectivity index (χ2v) is 10.3. The number of aromatic nitrogens is 5. The molecule has 1 N–H and O–H groups in total. The Morgan fingerprint density at radius 2 is 1.72 bits per heavy atom. The summed E-state index contributed by atoms with van der Waals surface area (Å²) in [6, 6.07) is 8.52. The van der Waals surface area contributed by atoms with Gasteiger partial charge in [0, 0.05) is 0 Å². The number of methoxy groups -OCH3 is 2. The number of sulfone groups is 1. The molecule has 0 aliphatic heterocycles. The maximum Gasteiger partial charge on any atom is 0.204 e. The molecule has 36 heavy (non-hydrogen) atoms. The number of hydrogen-bond acceptors (Lipinski definition) is 10. The standard InChI is InChI=1S/C23H24FN5O6S/c1-14-8-9-18(35-14)21-28-27-19(29(21)20-16(33-3)6-5-7-17(20)34-4)12-36(31,32)13-23(2,30)22-25-10-15(24)11-26-22/h5-11,30H,12-13H2,1-4H3/t23-/m0/s1. The van der Waals surface area contributed by atoms with E-state index in [-0.39, 0.29) is 17.5 Å². The summed E-state index contributed by atoms with van der Waals surface area (Å²) in [7, 11) is -1.11. The summed E-state index contributed by atoms with van der Waals surface area (Å²) in [5, 5.41) is 19.1. The largest absolute Gasteiger partial charge is 0.494 e. The van der Waals surface area contributed by atoms with Gasteiger partial charge in [-0.25, -0.2) is 22.8 Å². The first-order chi connectivity index (χ1) is 17.0. The van der Waals surface area contributed by atoms with E-state index in [1.807, 2.05) is 0 Å². The molecule has 0 amide bonds. The van der Waals surface area contributed by atoms with Gasteiger partial charge in [0.1, 0.15) is 34.3 Å². The van der Waals surface area contributed by atoms with Crippen molar-refractivity contribution in [1.29, 1.82) is 0 Å². The molecule has 11 nitrogen and oxygen atoms in total. The van der Waals surface area contributed by atoms with Gasteiger partial charge in [-0.15, -0.1) is 10.2 Å². The number of aliphatic hydroxyl groups is 1. The van der Waals surface area contributed by atoms with E-state index in [9.17, 15) is 17.9 Å². The van der Waals surface area contributed by atoms with Gasteiger partial charge < -0.3 is 19.0 Å². The zero-order valence-corrected chi connectivity index (χ0v) is 20.8. The van der Waals surface area contributed by atoms with Crippen LogP contribution in [0.15, 0.2) is 47.1 Å². The SMILES string of the molecule is COc1cccc(OC)c1-n1c(CS(=O)(=O)C[C@](C)(O)c2ncc(F)cn2)nnc1-c1ccc(C)o1. The summed E-state index contributed by atoms with van der Waals surface area (Å²) >= 11 is 0. The highest BCUT2D eigenvalue weighted by Gasteiger charge is 2.35. The first-order valence-corrected chi connectivity index (χ1v) is 12.5. The Balaban J connectivity index is 1.80. The molecule has 0 saturated carbocycles. The molecule has 1 aromatic carbocycles. The zero-order valence-electron chi connectivity index (χ0n) is 20.0. The van der Waals surface area contributed by atoms with Gasteiger partial charge >= 0.3 is 0 Å². The molecule has 0 aliphatic rings.